The molecule has 1 amide bonds. The average molecular weight is 231 g/mol. The number of hydrogen-bond donors (Lipinski definition) is 2. The molecular formula is C13H17N3O. The van der Waals surface area contributed by atoms with Crippen LogP contribution in [0.3, 0.4) is 0 Å². The molecule has 90 valence electrons. The highest BCUT2D eigenvalue weighted by Crippen LogP contribution is 2.15. The molecule has 0 bridgehead atoms. The zero-order chi connectivity index (χ0) is 12.3. The number of nitrogens with one attached hydrogen (secondary N) is 2. The van der Waals surface area contributed by atoms with Crippen molar-refractivity contribution in [2.24, 2.45) is 0 Å². The Morgan fingerprint density at radius 2 is 2.24 bits per heavy atom. The maximum absolute atomic E-state index is 12.0. The molecule has 2 rings (SSSR count). The zero-order valence-corrected chi connectivity index (χ0v) is 10.2. The highest BCUT2D eigenvalue weighted by atomic mass is 16.2. The number of rotatable bonds is 4. The van der Waals surface area contributed by atoms with Crippen LogP contribution < -0.4 is 5.32 Å². The summed E-state index contributed by atoms with van der Waals surface area (Å²) in [5.74, 6) is -0.108. The maximum atomic E-state index is 12.0. The Morgan fingerprint density at radius 3 is 3.00 bits per heavy atom. The van der Waals surface area contributed by atoms with E-state index in [1.807, 2.05) is 31.2 Å². The molecule has 4 nitrogen and oxygen atoms in total. The molecule has 0 saturated heterocycles. The van der Waals surface area contributed by atoms with Gasteiger partial charge in [-0.3, -0.25) is 9.89 Å². The summed E-state index contributed by atoms with van der Waals surface area (Å²) in [4.78, 5) is 12.0. The number of hydrogen-bond acceptors (Lipinski definition) is 2. The highest BCUT2D eigenvalue weighted by molar-refractivity contribution is 6.04. The quantitative estimate of drug-likeness (QED) is 0.849. The number of benzene rings is 1. The predicted molar refractivity (Wildman–Crippen MR) is 67.9 cm³/mol. The van der Waals surface area contributed by atoms with Gasteiger partial charge in [0, 0.05) is 11.4 Å². The van der Waals surface area contributed by atoms with E-state index >= 15 is 0 Å². The number of aromatic nitrogens is 2. The van der Waals surface area contributed by atoms with E-state index in [1.165, 1.54) is 0 Å². The Morgan fingerprint density at radius 1 is 1.47 bits per heavy atom. The summed E-state index contributed by atoms with van der Waals surface area (Å²) in [6.45, 7) is 4.11. The normalized spacial score (nSPS) is 12.6. The molecule has 1 aromatic carbocycles. The number of carbonyl (C=O) groups is 1. The lowest BCUT2D eigenvalue weighted by molar-refractivity contribution is 0.0935. The first kappa shape index (κ1) is 11.6. The fourth-order valence-electron chi connectivity index (χ4n) is 1.93. The van der Waals surface area contributed by atoms with Gasteiger partial charge < -0.3 is 5.32 Å². The molecule has 0 fully saturated rings. The predicted octanol–water partition coefficient (Wildman–Crippen LogP) is 2.48. The van der Waals surface area contributed by atoms with E-state index in [2.05, 4.69) is 22.4 Å². The van der Waals surface area contributed by atoms with Gasteiger partial charge >= 0.3 is 0 Å². The molecule has 2 aromatic rings. The molecule has 1 atom stereocenters. The van der Waals surface area contributed by atoms with Gasteiger partial charge in [0.1, 0.15) is 0 Å². The third kappa shape index (κ3) is 2.46. The van der Waals surface area contributed by atoms with Crippen molar-refractivity contribution >= 4 is 16.8 Å². The number of aromatic amines is 1. The molecule has 1 heterocycles. The lowest BCUT2D eigenvalue weighted by atomic mass is 10.1. The van der Waals surface area contributed by atoms with Crippen molar-refractivity contribution in [1.82, 2.24) is 15.5 Å². The molecule has 0 radical (unpaired) electrons. The van der Waals surface area contributed by atoms with Crippen LogP contribution in [0.2, 0.25) is 0 Å². The van der Waals surface area contributed by atoms with Crippen molar-refractivity contribution in [2.45, 2.75) is 32.7 Å². The molecular weight excluding hydrogens is 214 g/mol. The molecule has 0 saturated carbocycles. The molecule has 0 aliphatic carbocycles. The monoisotopic (exact) mass is 231 g/mol. The van der Waals surface area contributed by atoms with E-state index in [1.54, 1.807) is 0 Å². The average Bonchev–Trinajstić information content (AvgIpc) is 2.72. The van der Waals surface area contributed by atoms with Crippen LogP contribution in [0, 0.1) is 0 Å². The van der Waals surface area contributed by atoms with E-state index in [-0.39, 0.29) is 11.9 Å². The Balaban J connectivity index is 2.19. The Kier molecular flexibility index (Phi) is 3.42. The number of fused-ring (bicyclic) bond motifs is 1. The smallest absolute Gasteiger partial charge is 0.272 e. The second-order valence-corrected chi connectivity index (χ2v) is 4.28. The molecule has 4 heteroatoms. The number of carbonyl (C=O) groups excluding carboxylic acids is 1. The Bertz CT molecular complexity index is 518. The molecule has 1 aromatic heterocycles. The van der Waals surface area contributed by atoms with Crippen molar-refractivity contribution in [3.8, 4) is 0 Å². The van der Waals surface area contributed by atoms with Crippen molar-refractivity contribution in [3.05, 3.63) is 30.0 Å². The summed E-state index contributed by atoms with van der Waals surface area (Å²) in [5, 5.41) is 10.8. The number of nitrogens with zero attached hydrogens (tertiary/aromatic N) is 1. The number of amides is 1. The van der Waals surface area contributed by atoms with Gasteiger partial charge in [-0.1, -0.05) is 31.5 Å². The SMILES string of the molecule is CCCC(C)NC(=O)c1n[nH]c2ccccc12. The van der Waals surface area contributed by atoms with Gasteiger partial charge in [0.05, 0.1) is 5.52 Å². The van der Waals surface area contributed by atoms with Gasteiger partial charge in [-0.15, -0.1) is 0 Å². The fourth-order valence-corrected chi connectivity index (χ4v) is 1.93. The largest absolute Gasteiger partial charge is 0.348 e. The summed E-state index contributed by atoms with van der Waals surface area (Å²) in [5.41, 5.74) is 1.37. The molecule has 0 aliphatic rings. The van der Waals surface area contributed by atoms with E-state index in [0.29, 0.717) is 5.69 Å². The summed E-state index contributed by atoms with van der Waals surface area (Å²) in [6.07, 6.45) is 2.04. The zero-order valence-electron chi connectivity index (χ0n) is 10.2. The van der Waals surface area contributed by atoms with E-state index in [9.17, 15) is 4.79 Å². The van der Waals surface area contributed by atoms with Crippen molar-refractivity contribution in [1.29, 1.82) is 0 Å². The third-order valence-corrected chi connectivity index (χ3v) is 2.78. The highest BCUT2D eigenvalue weighted by Gasteiger charge is 2.15. The van der Waals surface area contributed by atoms with Gasteiger partial charge in [0.15, 0.2) is 5.69 Å². The maximum Gasteiger partial charge on any atom is 0.272 e. The van der Waals surface area contributed by atoms with Crippen LogP contribution in [-0.4, -0.2) is 22.1 Å². The minimum Gasteiger partial charge on any atom is -0.348 e. The number of H-pyrrole nitrogens is 1. The van der Waals surface area contributed by atoms with Crippen LogP contribution in [0.1, 0.15) is 37.2 Å². The lowest BCUT2D eigenvalue weighted by Gasteiger charge is -2.11. The molecule has 0 spiro atoms. The van der Waals surface area contributed by atoms with E-state index in [0.717, 1.165) is 23.7 Å². The van der Waals surface area contributed by atoms with Crippen LogP contribution >= 0.6 is 0 Å². The van der Waals surface area contributed by atoms with Gasteiger partial charge in [-0.05, 0) is 19.4 Å². The number of para-hydroxylation sites is 1. The second kappa shape index (κ2) is 4.99. The first-order valence-electron chi connectivity index (χ1n) is 5.96. The summed E-state index contributed by atoms with van der Waals surface area (Å²) < 4.78 is 0. The van der Waals surface area contributed by atoms with E-state index < -0.39 is 0 Å². The third-order valence-electron chi connectivity index (χ3n) is 2.78. The van der Waals surface area contributed by atoms with Gasteiger partial charge in [0.25, 0.3) is 5.91 Å². The van der Waals surface area contributed by atoms with Crippen LogP contribution in [-0.2, 0) is 0 Å². The van der Waals surface area contributed by atoms with Crippen molar-refractivity contribution in [2.75, 3.05) is 0 Å². The fraction of sp³-hybridized carbons (Fsp3) is 0.385. The first-order valence-corrected chi connectivity index (χ1v) is 5.96. The summed E-state index contributed by atoms with van der Waals surface area (Å²) >= 11 is 0. The lowest BCUT2D eigenvalue weighted by Crippen LogP contribution is -2.32. The second-order valence-electron chi connectivity index (χ2n) is 4.28. The van der Waals surface area contributed by atoms with Crippen LogP contribution in [0.5, 0.6) is 0 Å². The first-order chi connectivity index (χ1) is 8.22. The standard InChI is InChI=1S/C13H17N3O/c1-3-6-9(2)14-13(17)12-10-7-4-5-8-11(10)15-16-12/h4-5,7-9H,3,6H2,1-2H3,(H,14,17)(H,15,16). The van der Waals surface area contributed by atoms with Crippen LogP contribution in [0.25, 0.3) is 10.9 Å². The van der Waals surface area contributed by atoms with Crippen molar-refractivity contribution < 1.29 is 4.79 Å². The molecule has 17 heavy (non-hydrogen) atoms. The topological polar surface area (TPSA) is 57.8 Å². The van der Waals surface area contributed by atoms with Gasteiger partial charge in [-0.25, -0.2) is 0 Å². The molecule has 0 aliphatic heterocycles. The van der Waals surface area contributed by atoms with Crippen LogP contribution in [0.15, 0.2) is 24.3 Å². The minimum absolute atomic E-state index is 0.108. The molecule has 2 N–H and O–H groups in total. The molecule has 1 unspecified atom stereocenters. The minimum atomic E-state index is -0.108. The van der Waals surface area contributed by atoms with Gasteiger partial charge in [-0.2, -0.15) is 5.10 Å². The summed E-state index contributed by atoms with van der Waals surface area (Å²) in [6, 6.07) is 7.82. The van der Waals surface area contributed by atoms with Crippen molar-refractivity contribution in [3.63, 3.8) is 0 Å². The summed E-state index contributed by atoms with van der Waals surface area (Å²) in [7, 11) is 0. The van der Waals surface area contributed by atoms with Crippen LogP contribution in [0.4, 0.5) is 0 Å². The van der Waals surface area contributed by atoms with Gasteiger partial charge in [0.2, 0.25) is 0 Å². The van der Waals surface area contributed by atoms with E-state index in [4.69, 9.17) is 0 Å². The Labute approximate surface area is 100 Å². The Hall–Kier alpha value is -1.84.